The third kappa shape index (κ3) is 5.81. The molecule has 1 aromatic heterocycles. The van der Waals surface area contributed by atoms with Crippen LogP contribution in [-0.4, -0.2) is 68.9 Å². The summed E-state index contributed by atoms with van der Waals surface area (Å²) in [6.45, 7) is 2.20. The number of fused-ring (bicyclic) bond motifs is 1. The van der Waals surface area contributed by atoms with Crippen LogP contribution >= 0.6 is 0 Å². The molecule has 5 atom stereocenters. The Morgan fingerprint density at radius 3 is 2.41 bits per heavy atom. The standard InChI is InChI=1S/C24H36N2O8/c1-3-4-5-6-7-8-11-32-22-21(15-10-9-14(25)12-16(15)26(2)23(22)30)33-13-17-18(27)19(28)20(29)24(31)34-17/h9-10,12,17-20,24,27-29,31H,3-8,11,13,25H2,1-2H3/t17-,18-,19+,20-,24+/m0/s1. The smallest absolute Gasteiger partial charge is 0.297 e. The van der Waals surface area contributed by atoms with Crippen LogP contribution in [-0.2, 0) is 11.8 Å². The number of anilines is 1. The number of aromatic nitrogens is 1. The molecule has 0 amide bonds. The molecule has 10 heteroatoms. The maximum Gasteiger partial charge on any atom is 0.297 e. The molecule has 3 rings (SSSR count). The molecule has 0 spiro atoms. The first-order chi connectivity index (χ1) is 16.3. The number of aryl methyl sites for hydroxylation is 1. The number of pyridine rings is 1. The second-order valence-corrected chi connectivity index (χ2v) is 8.76. The molecule has 0 unspecified atom stereocenters. The predicted octanol–water partition coefficient (Wildman–Crippen LogP) is 1.04. The maximum absolute atomic E-state index is 13.1. The van der Waals surface area contributed by atoms with Crippen molar-refractivity contribution in [3.63, 3.8) is 0 Å². The largest absolute Gasteiger partial charge is 0.486 e. The second-order valence-electron chi connectivity index (χ2n) is 8.76. The van der Waals surface area contributed by atoms with E-state index in [1.54, 1.807) is 25.2 Å². The molecule has 1 aliphatic rings. The lowest BCUT2D eigenvalue weighted by Gasteiger charge is -2.38. The molecule has 10 nitrogen and oxygen atoms in total. The summed E-state index contributed by atoms with van der Waals surface area (Å²) in [7, 11) is 1.62. The number of nitrogens with two attached hydrogens (primary N) is 1. The summed E-state index contributed by atoms with van der Waals surface area (Å²) in [6.07, 6.45) is -1.18. The minimum Gasteiger partial charge on any atom is -0.486 e. The van der Waals surface area contributed by atoms with E-state index < -0.39 is 36.3 Å². The zero-order valence-electron chi connectivity index (χ0n) is 19.7. The molecule has 2 aromatic rings. The van der Waals surface area contributed by atoms with Gasteiger partial charge in [-0.25, -0.2) is 0 Å². The van der Waals surface area contributed by atoms with Crippen molar-refractivity contribution in [3.05, 3.63) is 28.6 Å². The molecular weight excluding hydrogens is 444 g/mol. The van der Waals surface area contributed by atoms with Crippen molar-refractivity contribution in [2.45, 2.75) is 76.2 Å². The van der Waals surface area contributed by atoms with Gasteiger partial charge in [-0.3, -0.25) is 4.79 Å². The highest BCUT2D eigenvalue weighted by Gasteiger charge is 2.43. The van der Waals surface area contributed by atoms with Gasteiger partial charge in [0.15, 0.2) is 12.0 Å². The Balaban J connectivity index is 1.83. The van der Waals surface area contributed by atoms with Crippen molar-refractivity contribution in [1.29, 1.82) is 0 Å². The van der Waals surface area contributed by atoms with Gasteiger partial charge in [0.1, 0.15) is 31.0 Å². The van der Waals surface area contributed by atoms with E-state index in [-0.39, 0.29) is 18.1 Å². The van der Waals surface area contributed by atoms with Crippen molar-refractivity contribution in [2.24, 2.45) is 7.05 Å². The van der Waals surface area contributed by atoms with E-state index in [1.807, 2.05) is 0 Å². The van der Waals surface area contributed by atoms with Crippen LogP contribution in [0, 0.1) is 0 Å². The van der Waals surface area contributed by atoms with Crippen LogP contribution in [0.25, 0.3) is 10.9 Å². The van der Waals surface area contributed by atoms with E-state index in [9.17, 15) is 25.2 Å². The summed E-state index contributed by atoms with van der Waals surface area (Å²) in [5, 5.41) is 40.3. The summed E-state index contributed by atoms with van der Waals surface area (Å²) >= 11 is 0. The minimum atomic E-state index is -1.68. The van der Waals surface area contributed by atoms with E-state index in [1.165, 1.54) is 23.8 Å². The van der Waals surface area contributed by atoms with E-state index in [2.05, 4.69) is 6.92 Å². The topological polar surface area (TPSA) is 157 Å². The number of nitrogen functional groups attached to an aromatic ring is 1. The Kier molecular flexibility index (Phi) is 9.15. The van der Waals surface area contributed by atoms with E-state index in [0.717, 1.165) is 19.3 Å². The summed E-state index contributed by atoms with van der Waals surface area (Å²) in [4.78, 5) is 13.1. The number of aliphatic hydroxyl groups is 4. The van der Waals surface area contributed by atoms with Crippen LogP contribution < -0.4 is 20.8 Å². The van der Waals surface area contributed by atoms with Gasteiger partial charge in [-0.05, 0) is 24.6 Å². The molecule has 1 fully saturated rings. The van der Waals surface area contributed by atoms with E-state index in [4.69, 9.17) is 19.9 Å². The maximum atomic E-state index is 13.1. The molecule has 34 heavy (non-hydrogen) atoms. The first kappa shape index (κ1) is 26.2. The highest BCUT2D eigenvalue weighted by molar-refractivity contribution is 5.90. The van der Waals surface area contributed by atoms with Gasteiger partial charge >= 0.3 is 0 Å². The van der Waals surface area contributed by atoms with Gasteiger partial charge in [-0.15, -0.1) is 0 Å². The van der Waals surface area contributed by atoms with E-state index >= 15 is 0 Å². The van der Waals surface area contributed by atoms with Gasteiger partial charge in [0.05, 0.1) is 12.1 Å². The Hall–Kier alpha value is -2.37. The van der Waals surface area contributed by atoms with Gasteiger partial charge in [0.25, 0.3) is 5.56 Å². The molecule has 190 valence electrons. The first-order valence-corrected chi connectivity index (χ1v) is 11.8. The fourth-order valence-electron chi connectivity index (χ4n) is 4.06. The number of unbranched alkanes of at least 4 members (excludes halogenated alkanes) is 5. The number of nitrogens with zero attached hydrogens (tertiary/aromatic N) is 1. The molecule has 2 heterocycles. The molecule has 0 bridgehead atoms. The lowest BCUT2D eigenvalue weighted by molar-refractivity contribution is -0.285. The molecular formula is C24H36N2O8. The lowest BCUT2D eigenvalue weighted by atomic mass is 9.99. The number of hydrogen-bond acceptors (Lipinski definition) is 9. The van der Waals surface area contributed by atoms with Gasteiger partial charge in [0.2, 0.25) is 5.75 Å². The first-order valence-electron chi connectivity index (χ1n) is 11.8. The molecule has 0 radical (unpaired) electrons. The average molecular weight is 481 g/mol. The summed E-state index contributed by atoms with van der Waals surface area (Å²) < 4.78 is 18.4. The fraction of sp³-hybridized carbons (Fsp3) is 0.625. The van der Waals surface area contributed by atoms with Crippen molar-refractivity contribution >= 4 is 16.6 Å². The molecule has 1 saturated heterocycles. The number of rotatable bonds is 11. The van der Waals surface area contributed by atoms with Crippen molar-refractivity contribution in [3.8, 4) is 11.5 Å². The monoisotopic (exact) mass is 480 g/mol. The van der Waals surface area contributed by atoms with Crippen LogP contribution in [0.15, 0.2) is 23.0 Å². The molecule has 6 N–H and O–H groups in total. The van der Waals surface area contributed by atoms with Gasteiger partial charge < -0.3 is 44.9 Å². The summed E-state index contributed by atoms with van der Waals surface area (Å²) in [6, 6.07) is 5.03. The Bertz CT molecular complexity index is 1010. The zero-order chi connectivity index (χ0) is 24.8. The third-order valence-electron chi connectivity index (χ3n) is 6.16. The molecule has 1 aromatic carbocycles. The normalized spacial score (nSPS) is 24.9. The number of ether oxygens (including phenoxy) is 3. The number of benzene rings is 1. The van der Waals surface area contributed by atoms with Crippen LogP contribution in [0.3, 0.4) is 0 Å². The van der Waals surface area contributed by atoms with Crippen LogP contribution in [0.4, 0.5) is 5.69 Å². The van der Waals surface area contributed by atoms with Crippen molar-refractivity contribution in [2.75, 3.05) is 18.9 Å². The molecule has 0 aliphatic carbocycles. The van der Waals surface area contributed by atoms with Crippen LogP contribution in [0.2, 0.25) is 0 Å². The fourth-order valence-corrected chi connectivity index (χ4v) is 4.06. The molecule has 1 aliphatic heterocycles. The minimum absolute atomic E-state index is 0.0276. The quantitative estimate of drug-likeness (QED) is 0.234. The Labute approximate surface area is 198 Å². The predicted molar refractivity (Wildman–Crippen MR) is 127 cm³/mol. The van der Waals surface area contributed by atoms with Gasteiger partial charge in [-0.1, -0.05) is 39.0 Å². The highest BCUT2D eigenvalue weighted by Crippen LogP contribution is 2.34. The SMILES string of the molecule is CCCCCCCCOc1c(OC[C@@H]2O[C@@H](O)[C@@H](O)[C@H](O)[C@H]2O)c2ccc(N)cc2n(C)c1=O. The summed E-state index contributed by atoms with van der Waals surface area (Å²) in [5.74, 6) is 0.190. The zero-order valence-corrected chi connectivity index (χ0v) is 19.7. The highest BCUT2D eigenvalue weighted by atomic mass is 16.6. The van der Waals surface area contributed by atoms with Crippen molar-refractivity contribution < 1.29 is 34.6 Å². The number of aliphatic hydroxyl groups excluding tert-OH is 4. The number of hydrogen-bond donors (Lipinski definition) is 5. The second kappa shape index (κ2) is 11.9. The average Bonchev–Trinajstić information content (AvgIpc) is 2.82. The molecule has 0 saturated carbocycles. The third-order valence-corrected chi connectivity index (χ3v) is 6.16. The van der Waals surface area contributed by atoms with Crippen LogP contribution in [0.1, 0.15) is 45.4 Å². The van der Waals surface area contributed by atoms with Crippen molar-refractivity contribution in [1.82, 2.24) is 4.57 Å². The Morgan fingerprint density at radius 1 is 0.971 bits per heavy atom. The van der Waals surface area contributed by atoms with Gasteiger partial charge in [-0.2, -0.15) is 0 Å². The van der Waals surface area contributed by atoms with Gasteiger partial charge in [0, 0.05) is 18.1 Å². The summed E-state index contributed by atoms with van der Waals surface area (Å²) in [5.41, 5.74) is 6.52. The van der Waals surface area contributed by atoms with Crippen LogP contribution in [0.5, 0.6) is 11.5 Å². The van der Waals surface area contributed by atoms with E-state index in [0.29, 0.717) is 23.2 Å². The lowest BCUT2D eigenvalue weighted by Crippen LogP contribution is -2.58. The Morgan fingerprint density at radius 2 is 1.68 bits per heavy atom.